The van der Waals surface area contributed by atoms with E-state index in [1.807, 2.05) is 45.0 Å². The molecule has 0 unspecified atom stereocenters. The zero-order valence-electron chi connectivity index (χ0n) is 30.6. The molecule has 11 nitrogen and oxygen atoms in total. The van der Waals surface area contributed by atoms with Crippen molar-refractivity contribution in [1.82, 2.24) is 15.0 Å². The van der Waals surface area contributed by atoms with E-state index in [1.54, 1.807) is 24.3 Å². The molecule has 49 heavy (non-hydrogen) atoms. The molecule has 0 radical (unpaired) electrons. The summed E-state index contributed by atoms with van der Waals surface area (Å²) < 4.78 is 23.7. The van der Waals surface area contributed by atoms with E-state index < -0.39 is 25.4 Å². The number of pyridine rings is 1. The van der Waals surface area contributed by atoms with E-state index in [1.165, 1.54) is 0 Å². The van der Waals surface area contributed by atoms with Gasteiger partial charge in [-0.1, -0.05) is 27.7 Å². The molecule has 0 saturated heterocycles. The Hall–Kier alpha value is -4.05. The fraction of sp³-hybridized carbons (Fsp3) is 0.541. The monoisotopic (exact) mass is 686 g/mol. The van der Waals surface area contributed by atoms with Crippen LogP contribution in [-0.2, 0) is 19.3 Å². The number of carbonyl (C=O) groups excluding carboxylic acids is 1. The maximum Gasteiger partial charge on any atom is 0.414 e. The molecular formula is C37H50N6O5Si. The molecule has 1 aromatic carbocycles. The van der Waals surface area contributed by atoms with E-state index in [9.17, 15) is 10.1 Å². The topological polar surface area (TPSA) is 132 Å². The van der Waals surface area contributed by atoms with Gasteiger partial charge in [-0.3, -0.25) is 4.90 Å². The molecule has 3 heterocycles. The lowest BCUT2D eigenvalue weighted by atomic mass is 9.83. The molecule has 12 heteroatoms. The van der Waals surface area contributed by atoms with Crippen LogP contribution in [0.15, 0.2) is 36.5 Å². The first-order valence-corrected chi connectivity index (χ1v) is 19.8. The predicted octanol–water partition coefficient (Wildman–Crippen LogP) is 8.09. The lowest BCUT2D eigenvalue weighted by Crippen LogP contribution is -2.46. The number of aromatic nitrogens is 3. The molecule has 3 aromatic rings. The average Bonchev–Trinajstić information content (AvgIpc) is 3.83. The van der Waals surface area contributed by atoms with Gasteiger partial charge in [0.15, 0.2) is 8.32 Å². The molecule has 0 spiro atoms. The van der Waals surface area contributed by atoms with Crippen molar-refractivity contribution < 1.29 is 23.4 Å². The normalized spacial score (nSPS) is 17.8. The summed E-state index contributed by atoms with van der Waals surface area (Å²) in [5.74, 6) is 1.30. The number of anilines is 3. The highest BCUT2D eigenvalue weighted by Crippen LogP contribution is 2.47. The fourth-order valence-electron chi connectivity index (χ4n) is 5.47. The van der Waals surface area contributed by atoms with Gasteiger partial charge < -0.3 is 24.0 Å². The van der Waals surface area contributed by atoms with Crippen molar-refractivity contribution in [3.05, 3.63) is 53.3 Å². The van der Waals surface area contributed by atoms with Gasteiger partial charge in [-0.2, -0.15) is 5.26 Å². The molecule has 2 aromatic heterocycles. The SMILES string of the molecule is COCCOc1nc(C2CC2)ccc1Nc1nccc(-c2cc(C#N)c3c(c2)[C@@](C)(CO[Si](C)(C)C(C)(C)C)CN3C(=O)OC(C)(C)C)n1. The van der Waals surface area contributed by atoms with Crippen LogP contribution < -0.4 is 15.0 Å². The molecule has 1 N–H and O–H groups in total. The Labute approximate surface area is 291 Å². The Morgan fingerprint density at radius 3 is 2.47 bits per heavy atom. The third-order valence-electron chi connectivity index (χ3n) is 9.43. The van der Waals surface area contributed by atoms with Gasteiger partial charge in [0.05, 0.1) is 23.6 Å². The highest BCUT2D eigenvalue weighted by atomic mass is 28.4. The third-order valence-corrected chi connectivity index (χ3v) is 13.9. The minimum atomic E-state index is -2.15. The maximum atomic E-state index is 13.6. The lowest BCUT2D eigenvalue weighted by molar-refractivity contribution is 0.0575. The number of benzene rings is 1. The van der Waals surface area contributed by atoms with Crippen molar-refractivity contribution >= 4 is 31.7 Å². The lowest BCUT2D eigenvalue weighted by Gasteiger charge is -2.39. The summed E-state index contributed by atoms with van der Waals surface area (Å²) in [6, 6.07) is 11.9. The number of methoxy groups -OCH3 is 1. The summed E-state index contributed by atoms with van der Waals surface area (Å²) in [5, 5.41) is 13.7. The second-order valence-corrected chi connectivity index (χ2v) is 20.6. The minimum Gasteiger partial charge on any atom is -0.474 e. The van der Waals surface area contributed by atoms with Crippen molar-refractivity contribution in [3.8, 4) is 23.2 Å². The number of nitrogens with one attached hydrogen (secondary N) is 1. The van der Waals surface area contributed by atoms with Crippen LogP contribution in [0.1, 0.15) is 84.0 Å². The second-order valence-electron chi connectivity index (χ2n) is 15.8. The summed E-state index contributed by atoms with van der Waals surface area (Å²) in [6.07, 6.45) is 3.44. The summed E-state index contributed by atoms with van der Waals surface area (Å²) in [7, 11) is -0.515. The van der Waals surface area contributed by atoms with Gasteiger partial charge in [0.25, 0.3) is 0 Å². The van der Waals surface area contributed by atoms with Crippen LogP contribution >= 0.6 is 0 Å². The Bertz CT molecular complexity index is 1740. The van der Waals surface area contributed by atoms with Crippen LogP contribution in [0.2, 0.25) is 18.1 Å². The van der Waals surface area contributed by atoms with Crippen LogP contribution in [0.25, 0.3) is 11.3 Å². The number of fused-ring (bicyclic) bond motifs is 1. The molecular weight excluding hydrogens is 637 g/mol. The zero-order chi connectivity index (χ0) is 35.8. The molecule has 1 aliphatic carbocycles. The number of nitriles is 1. The minimum absolute atomic E-state index is 0.00208. The summed E-state index contributed by atoms with van der Waals surface area (Å²) in [5.41, 5.74) is 3.43. The van der Waals surface area contributed by atoms with Gasteiger partial charge in [0.1, 0.15) is 24.0 Å². The number of nitrogens with zero attached hydrogens (tertiary/aromatic N) is 5. The van der Waals surface area contributed by atoms with Crippen LogP contribution in [-0.4, -0.2) is 68.4 Å². The van der Waals surface area contributed by atoms with E-state index in [0.29, 0.717) is 66.7 Å². The molecule has 1 aliphatic heterocycles. The fourth-order valence-corrected chi connectivity index (χ4v) is 6.58. The van der Waals surface area contributed by atoms with Gasteiger partial charge in [0, 0.05) is 49.0 Å². The second kappa shape index (κ2) is 13.7. The molecule has 262 valence electrons. The largest absolute Gasteiger partial charge is 0.474 e. The highest BCUT2D eigenvalue weighted by Gasteiger charge is 2.47. The van der Waals surface area contributed by atoms with Crippen LogP contribution in [0.3, 0.4) is 0 Å². The molecule has 1 saturated carbocycles. The summed E-state index contributed by atoms with van der Waals surface area (Å²) in [4.78, 5) is 29.3. The van der Waals surface area contributed by atoms with Crippen LogP contribution in [0.5, 0.6) is 5.88 Å². The molecule has 1 amide bonds. The first kappa shape index (κ1) is 36.2. The zero-order valence-corrected chi connectivity index (χ0v) is 31.6. The highest BCUT2D eigenvalue weighted by molar-refractivity contribution is 6.74. The summed E-state index contributed by atoms with van der Waals surface area (Å²) >= 11 is 0. The van der Waals surface area contributed by atoms with Gasteiger partial charge >= 0.3 is 6.09 Å². The predicted molar refractivity (Wildman–Crippen MR) is 193 cm³/mol. The van der Waals surface area contributed by atoms with E-state index in [4.69, 9.17) is 28.6 Å². The number of ether oxygens (including phenoxy) is 3. The van der Waals surface area contributed by atoms with E-state index in [-0.39, 0.29) is 5.04 Å². The molecule has 1 fully saturated rings. The smallest absolute Gasteiger partial charge is 0.414 e. The molecule has 2 aliphatic rings. The Morgan fingerprint density at radius 2 is 1.84 bits per heavy atom. The third kappa shape index (κ3) is 8.23. The van der Waals surface area contributed by atoms with Crippen molar-refractivity contribution in [2.75, 3.05) is 43.7 Å². The molecule has 1 atom stereocenters. The van der Waals surface area contributed by atoms with Crippen molar-refractivity contribution in [3.63, 3.8) is 0 Å². The number of hydrogen-bond donors (Lipinski definition) is 1. The number of rotatable bonds is 11. The Balaban J connectivity index is 1.52. The number of amides is 1. The average molecular weight is 687 g/mol. The first-order chi connectivity index (χ1) is 22.9. The summed E-state index contributed by atoms with van der Waals surface area (Å²) in [6.45, 7) is 20.1. The standard InChI is InChI=1S/C37H50N6O5Si/c1-35(2,3)48-34(44)43-22-37(7,23-47-49(9,10)36(4,5)6)27-20-25(19-26(21-38)31(27)43)29-15-16-39-33(41-29)42-30-14-13-28(24-11-12-24)40-32(30)46-18-17-45-8/h13-16,19-20,24H,11-12,17-18,22-23H2,1-10H3,(H,39,41,42)/t37-/m1/s1. The van der Waals surface area contributed by atoms with Gasteiger partial charge in [0.2, 0.25) is 11.8 Å². The Kier molecular flexibility index (Phi) is 10.1. The maximum absolute atomic E-state index is 13.6. The van der Waals surface area contributed by atoms with Crippen molar-refractivity contribution in [2.24, 2.45) is 0 Å². The molecule has 5 rings (SSSR count). The van der Waals surface area contributed by atoms with E-state index in [2.05, 4.69) is 57.2 Å². The van der Waals surface area contributed by atoms with Crippen molar-refractivity contribution in [2.45, 2.75) is 96.4 Å². The van der Waals surface area contributed by atoms with Crippen molar-refractivity contribution in [1.29, 1.82) is 5.26 Å². The number of carbonyl (C=O) groups is 1. The quantitative estimate of drug-likeness (QED) is 0.156. The van der Waals surface area contributed by atoms with Gasteiger partial charge in [-0.05, 0) is 87.6 Å². The van der Waals surface area contributed by atoms with Crippen LogP contribution in [0.4, 0.5) is 22.1 Å². The number of hydrogen-bond acceptors (Lipinski definition) is 10. The first-order valence-electron chi connectivity index (χ1n) is 16.9. The Morgan fingerprint density at radius 1 is 1.10 bits per heavy atom. The van der Waals surface area contributed by atoms with E-state index >= 15 is 0 Å². The van der Waals surface area contributed by atoms with E-state index in [0.717, 1.165) is 29.7 Å². The van der Waals surface area contributed by atoms with Gasteiger partial charge in [-0.15, -0.1) is 0 Å². The molecule has 0 bridgehead atoms. The van der Waals surface area contributed by atoms with Crippen LogP contribution in [0, 0.1) is 11.3 Å². The van der Waals surface area contributed by atoms with Gasteiger partial charge in [-0.25, -0.2) is 19.7 Å².